The number of nitrogens with one attached hydrogen (secondary N) is 14. The van der Waals surface area contributed by atoms with E-state index in [9.17, 15) is 102 Å². The zero-order valence-corrected chi connectivity index (χ0v) is 65.7. The van der Waals surface area contributed by atoms with Gasteiger partial charge in [0.15, 0.2) is 11.9 Å². The van der Waals surface area contributed by atoms with Crippen molar-refractivity contribution in [1.82, 2.24) is 74.4 Å². The number of rotatable bonds is 23. The number of aliphatic hydroxyl groups is 2. The van der Waals surface area contributed by atoms with E-state index < -0.39 is 237 Å². The van der Waals surface area contributed by atoms with Crippen LogP contribution in [0.15, 0.2) is 26.4 Å². The third-order valence-corrected chi connectivity index (χ3v) is 18.7. The second kappa shape index (κ2) is 50.1. The van der Waals surface area contributed by atoms with Crippen LogP contribution in [0.3, 0.4) is 0 Å². The number of carboxylic acids is 2. The maximum absolute atomic E-state index is 14.4. The number of thioether (sulfide) groups is 1. The van der Waals surface area contributed by atoms with Gasteiger partial charge in [0.05, 0.1) is 43.5 Å². The molecule has 45 heteroatoms. The lowest BCUT2D eigenvalue weighted by Crippen LogP contribution is -2.61. The molecule has 0 saturated carbocycles. The Balaban J connectivity index is 2.78. The first-order valence-electron chi connectivity index (χ1n) is 36.1. The molecule has 0 aromatic carbocycles. The molecule has 13 atom stereocenters. The SMILES string of the molecule is CCC1NC(=O)CN=C(SC)c2cc(cs2)CCNC(=O)[C@H](CCCN=C(N)N)NC(=O)[C@H](CCCN=C(N)N)NC(=O)[C@H](CC(=O)O)NC(=O)C(C(C)C)NC(=O)[C@H](CCC(N)=O)NC(=O)[C@H](CC(=O)O)NC(=O)CNC(=O)[C@H]([C@@H](C)CC)NC(=O)CNC(=O)[C@H](CO)NC(=O)[C@H](CC(C)C)NC(=O)C([C@@H](C)O)NC1=O. The van der Waals surface area contributed by atoms with Gasteiger partial charge in [-0.25, -0.2) is 0 Å². The summed E-state index contributed by atoms with van der Waals surface area (Å²) in [6.07, 6.45) is -3.38. The van der Waals surface area contributed by atoms with Crippen molar-refractivity contribution >= 4 is 141 Å². The minimum atomic E-state index is -2.04. The summed E-state index contributed by atoms with van der Waals surface area (Å²) < 4.78 is 0. The third kappa shape index (κ3) is 36.3. The number of hydrogen-bond donors (Lipinski definition) is 23. The van der Waals surface area contributed by atoms with Gasteiger partial charge in [0.1, 0.15) is 78.0 Å². The maximum Gasteiger partial charge on any atom is 0.305 e. The van der Waals surface area contributed by atoms with Gasteiger partial charge in [-0.3, -0.25) is 96.5 Å². The van der Waals surface area contributed by atoms with Crippen LogP contribution in [0, 0.1) is 17.8 Å². The van der Waals surface area contributed by atoms with Crippen LogP contribution in [-0.4, -0.2) is 263 Å². The van der Waals surface area contributed by atoms with Crippen LogP contribution in [0.4, 0.5) is 0 Å². The fraction of sp³-hybridized carbons (Fsp3) is 0.642. The van der Waals surface area contributed by atoms with E-state index >= 15 is 0 Å². The molecule has 626 valence electrons. The average Bonchev–Trinajstić information content (AvgIpc) is 0.996. The number of fused-ring (bicyclic) bond motifs is 2. The first-order valence-corrected chi connectivity index (χ1v) is 38.2. The minimum absolute atomic E-state index is 0.00219. The molecule has 1 aliphatic heterocycles. The number of amides is 15. The highest BCUT2D eigenvalue weighted by Gasteiger charge is 2.38. The lowest BCUT2D eigenvalue weighted by molar-refractivity contribution is -0.142. The van der Waals surface area contributed by atoms with Crippen molar-refractivity contribution in [3.63, 3.8) is 0 Å². The molecule has 1 aromatic heterocycles. The van der Waals surface area contributed by atoms with Crippen LogP contribution in [0.1, 0.15) is 136 Å². The first kappa shape index (κ1) is 97.2. The highest BCUT2D eigenvalue weighted by Crippen LogP contribution is 2.22. The fourth-order valence-corrected chi connectivity index (χ4v) is 12.3. The summed E-state index contributed by atoms with van der Waals surface area (Å²) in [6.45, 7) is 8.58. The molecule has 2 bridgehead atoms. The van der Waals surface area contributed by atoms with Crippen molar-refractivity contribution in [2.45, 2.75) is 205 Å². The highest BCUT2D eigenvalue weighted by atomic mass is 32.2. The lowest BCUT2D eigenvalue weighted by atomic mass is 9.98. The summed E-state index contributed by atoms with van der Waals surface area (Å²) in [7, 11) is 0. The molecule has 1 aliphatic rings. The van der Waals surface area contributed by atoms with E-state index in [0.29, 0.717) is 15.5 Å². The van der Waals surface area contributed by atoms with Crippen LogP contribution in [0.2, 0.25) is 0 Å². The van der Waals surface area contributed by atoms with Crippen molar-refractivity contribution in [2.75, 3.05) is 52.1 Å². The molecule has 0 radical (unpaired) electrons. The molecule has 0 fully saturated rings. The Labute approximate surface area is 654 Å². The lowest BCUT2D eigenvalue weighted by Gasteiger charge is -2.28. The van der Waals surface area contributed by atoms with Gasteiger partial charge in [0.2, 0.25) is 88.6 Å². The van der Waals surface area contributed by atoms with Crippen LogP contribution in [0.25, 0.3) is 0 Å². The topological polar surface area (TPSA) is 707 Å². The van der Waals surface area contributed by atoms with Crippen LogP contribution in [0.5, 0.6) is 0 Å². The summed E-state index contributed by atoms with van der Waals surface area (Å²) in [5.74, 6) is -21.7. The number of thiophene rings is 1. The Bertz CT molecular complexity index is 3550. The van der Waals surface area contributed by atoms with Crippen LogP contribution >= 0.6 is 23.1 Å². The molecule has 28 N–H and O–H groups in total. The molecule has 2 rings (SSSR count). The summed E-state index contributed by atoms with van der Waals surface area (Å²) in [5.41, 5.74) is 28.2. The number of aliphatic imine (C=N–C) groups is 3. The molecule has 0 aliphatic carbocycles. The number of nitrogens with zero attached hydrogens (tertiary/aromatic N) is 3. The van der Waals surface area contributed by atoms with Crippen LogP contribution < -0.4 is 103 Å². The number of carbonyl (C=O) groups excluding carboxylic acids is 15. The smallest absolute Gasteiger partial charge is 0.305 e. The van der Waals surface area contributed by atoms with E-state index in [4.69, 9.17) is 28.7 Å². The Morgan fingerprint density at radius 2 is 0.982 bits per heavy atom. The van der Waals surface area contributed by atoms with E-state index in [-0.39, 0.29) is 88.8 Å². The van der Waals surface area contributed by atoms with Gasteiger partial charge in [-0.1, -0.05) is 54.9 Å². The minimum Gasteiger partial charge on any atom is -0.481 e. The second-order valence-corrected chi connectivity index (χ2v) is 28.6. The van der Waals surface area contributed by atoms with Gasteiger partial charge in [-0.05, 0) is 99.3 Å². The van der Waals surface area contributed by atoms with Crippen molar-refractivity contribution in [3.05, 3.63) is 21.9 Å². The predicted octanol–water partition coefficient (Wildman–Crippen LogP) is -8.05. The predicted molar refractivity (Wildman–Crippen MR) is 409 cm³/mol. The molecule has 3 unspecified atom stereocenters. The number of primary amides is 1. The Hall–Kier alpha value is -10.8. The normalized spacial score (nSPS) is 23.9. The number of hydrogen-bond acceptors (Lipinski definition) is 24. The number of nitrogens with two attached hydrogens (primary N) is 5. The monoisotopic (exact) mass is 1620 g/mol. The van der Waals surface area contributed by atoms with Crippen molar-refractivity contribution in [3.8, 4) is 0 Å². The van der Waals surface area contributed by atoms with E-state index in [1.54, 1.807) is 45.4 Å². The summed E-state index contributed by atoms with van der Waals surface area (Å²) in [5, 5.41) is 76.5. The number of carboxylic acid groups (broad SMARTS) is 2. The van der Waals surface area contributed by atoms with Gasteiger partial charge in [0.25, 0.3) is 0 Å². The first-order chi connectivity index (χ1) is 52.6. The van der Waals surface area contributed by atoms with E-state index in [1.165, 1.54) is 50.8 Å². The van der Waals surface area contributed by atoms with E-state index in [1.807, 2.05) is 0 Å². The molecule has 0 spiro atoms. The molecule has 0 saturated heterocycles. The quantitative estimate of drug-likeness (QED) is 0.0275. The highest BCUT2D eigenvalue weighted by molar-refractivity contribution is 8.14. The third-order valence-electron chi connectivity index (χ3n) is 16.8. The van der Waals surface area contributed by atoms with Crippen molar-refractivity contribution in [2.24, 2.45) is 61.4 Å². The van der Waals surface area contributed by atoms with Crippen molar-refractivity contribution in [1.29, 1.82) is 0 Å². The molecular formula is C67H110N22O21S2. The Morgan fingerprint density at radius 1 is 0.536 bits per heavy atom. The molecule has 2 heterocycles. The van der Waals surface area contributed by atoms with Crippen molar-refractivity contribution < 1.29 is 102 Å². The zero-order chi connectivity index (χ0) is 84.6. The Kier molecular flexibility index (Phi) is 43.5. The molecular weight excluding hydrogens is 1510 g/mol. The van der Waals surface area contributed by atoms with Gasteiger partial charge < -0.3 is 124 Å². The summed E-state index contributed by atoms with van der Waals surface area (Å²) in [4.78, 5) is 244. The largest absolute Gasteiger partial charge is 0.481 e. The van der Waals surface area contributed by atoms with Gasteiger partial charge in [-0.15, -0.1) is 23.1 Å². The summed E-state index contributed by atoms with van der Waals surface area (Å²) >= 11 is 2.44. The zero-order valence-electron chi connectivity index (χ0n) is 64.0. The van der Waals surface area contributed by atoms with Gasteiger partial charge in [0, 0.05) is 26.1 Å². The van der Waals surface area contributed by atoms with E-state index in [0.717, 1.165) is 0 Å². The Morgan fingerprint density at radius 3 is 1.48 bits per heavy atom. The van der Waals surface area contributed by atoms with Gasteiger partial charge >= 0.3 is 11.9 Å². The number of guanidine groups is 2. The second-order valence-electron chi connectivity index (χ2n) is 26.9. The number of aliphatic carboxylic acids is 2. The van der Waals surface area contributed by atoms with Gasteiger partial charge in [-0.2, -0.15) is 0 Å². The van der Waals surface area contributed by atoms with Crippen LogP contribution in [-0.2, 0) is 87.9 Å². The standard InChI is InChI=1S/C67H110N22O21S2/c1-10-33(7)52-62(108)77-26-46(93)80-41(24-49(96)97)60(106)83-39(16-17-45(68)92)58(104)88-51(32(5)6)63(109)85-42(25-50(98)99)61(107)82-38(15-13-20-75-67(71)72)57(103)81-37(14-12-19-74-66(69)70)54(100)73-21-18-35-23-44(112-30-35)65(111-9)78-28-47(94)79-36(11-2)56(102)89-53(34(8)91)64(110)84-40(22-31(3)4)59(105)86-43(29-90)55(101)76-27-48(95)87-52/h23,30-34,36-43,51-53,90-91H,10-22,24-29H2,1-9H3,(H2,68,92)(H,73,100)(H,76,101)(H,77,108)(H,79,94)(H,80,93)(H,81,103)(H,82,107)(H,83,106)(H,84,110)(H,85,109)(H,86,105)(H,87,95)(H,88,104)(H,89,102)(H,96,97)(H,98,99)(H4,69,70,74)(H4,71,72,75)/t33-,34+,36?,37-,38-,39-,40-,41-,42-,43-,51?,52-,53?/m0/s1. The summed E-state index contributed by atoms with van der Waals surface area (Å²) in [6, 6.07) is -16.5. The number of carbonyl (C=O) groups is 17. The maximum atomic E-state index is 14.4. The molecule has 15 amide bonds. The molecule has 43 nitrogen and oxygen atoms in total. The molecule has 112 heavy (non-hydrogen) atoms. The fourth-order valence-electron chi connectivity index (χ4n) is 10.6. The average molecular weight is 1620 g/mol. The number of aliphatic hydroxyl groups excluding tert-OH is 2. The van der Waals surface area contributed by atoms with E-state index in [2.05, 4.69) is 89.4 Å². The molecule has 1 aromatic rings.